The van der Waals surface area contributed by atoms with Crippen molar-refractivity contribution in [2.24, 2.45) is 0 Å². The van der Waals surface area contributed by atoms with Gasteiger partial charge in [-0.05, 0) is 18.6 Å². The zero-order valence-corrected chi connectivity index (χ0v) is 11.0. The van der Waals surface area contributed by atoms with Gasteiger partial charge in [0.2, 0.25) is 0 Å². The van der Waals surface area contributed by atoms with E-state index in [4.69, 9.17) is 0 Å². The summed E-state index contributed by atoms with van der Waals surface area (Å²) in [7, 11) is 0. The molecule has 0 heterocycles. The average molecular weight is 249 g/mol. The number of rotatable bonds is 7. The first-order chi connectivity index (χ1) is 8.27. The van der Waals surface area contributed by atoms with E-state index in [9.17, 15) is 4.79 Å². The van der Waals surface area contributed by atoms with Crippen LogP contribution in [0.25, 0.3) is 0 Å². The SMILES string of the molecule is C=CCSC(CC)CNC(=O)c1ccccc1. The molecule has 1 unspecified atom stereocenters. The van der Waals surface area contributed by atoms with Crippen LogP contribution >= 0.6 is 11.8 Å². The van der Waals surface area contributed by atoms with Gasteiger partial charge in [-0.15, -0.1) is 6.58 Å². The van der Waals surface area contributed by atoms with Gasteiger partial charge >= 0.3 is 0 Å². The molecule has 3 heteroatoms. The number of thioether (sulfide) groups is 1. The number of hydrogen-bond acceptors (Lipinski definition) is 2. The Labute approximate surface area is 107 Å². The Hall–Kier alpha value is -1.22. The van der Waals surface area contributed by atoms with Gasteiger partial charge in [0, 0.05) is 23.1 Å². The van der Waals surface area contributed by atoms with Gasteiger partial charge in [0.25, 0.3) is 5.91 Å². The highest BCUT2D eigenvalue weighted by molar-refractivity contribution is 8.00. The molecule has 1 N–H and O–H groups in total. The van der Waals surface area contributed by atoms with E-state index in [-0.39, 0.29) is 5.91 Å². The van der Waals surface area contributed by atoms with Crippen molar-refractivity contribution in [3.8, 4) is 0 Å². The molecule has 2 nitrogen and oxygen atoms in total. The van der Waals surface area contributed by atoms with E-state index in [1.54, 1.807) is 0 Å². The molecule has 0 aliphatic heterocycles. The Morgan fingerprint density at radius 3 is 2.76 bits per heavy atom. The highest BCUT2D eigenvalue weighted by atomic mass is 32.2. The van der Waals surface area contributed by atoms with Crippen molar-refractivity contribution in [3.05, 3.63) is 48.6 Å². The fraction of sp³-hybridized carbons (Fsp3) is 0.357. The van der Waals surface area contributed by atoms with Gasteiger partial charge in [0.15, 0.2) is 0 Å². The molecule has 0 aromatic heterocycles. The first kappa shape index (κ1) is 13.8. The molecule has 0 aliphatic carbocycles. The predicted octanol–water partition coefficient (Wildman–Crippen LogP) is 3.11. The quantitative estimate of drug-likeness (QED) is 0.752. The molecule has 0 aliphatic rings. The van der Waals surface area contributed by atoms with Crippen LogP contribution in [0.5, 0.6) is 0 Å². The summed E-state index contributed by atoms with van der Waals surface area (Å²) in [6, 6.07) is 9.31. The van der Waals surface area contributed by atoms with E-state index >= 15 is 0 Å². The molecular weight excluding hydrogens is 230 g/mol. The normalized spacial score (nSPS) is 11.8. The fourth-order valence-corrected chi connectivity index (χ4v) is 2.27. The second kappa shape index (κ2) is 7.96. The molecule has 0 radical (unpaired) electrons. The Morgan fingerprint density at radius 1 is 1.47 bits per heavy atom. The number of carbonyl (C=O) groups excluding carboxylic acids is 1. The van der Waals surface area contributed by atoms with E-state index in [2.05, 4.69) is 18.8 Å². The summed E-state index contributed by atoms with van der Waals surface area (Å²) >= 11 is 1.83. The summed E-state index contributed by atoms with van der Waals surface area (Å²) in [4.78, 5) is 11.8. The highest BCUT2D eigenvalue weighted by Gasteiger charge is 2.09. The van der Waals surface area contributed by atoms with Crippen LogP contribution < -0.4 is 5.32 Å². The van der Waals surface area contributed by atoms with Crippen molar-refractivity contribution in [3.63, 3.8) is 0 Å². The number of hydrogen-bond donors (Lipinski definition) is 1. The third-order valence-corrected chi connectivity index (χ3v) is 3.83. The maximum absolute atomic E-state index is 11.8. The van der Waals surface area contributed by atoms with E-state index in [1.165, 1.54) is 0 Å². The molecule has 0 bridgehead atoms. The van der Waals surface area contributed by atoms with Crippen LogP contribution in [-0.2, 0) is 0 Å². The van der Waals surface area contributed by atoms with Gasteiger partial charge in [-0.3, -0.25) is 4.79 Å². The first-order valence-electron chi connectivity index (χ1n) is 5.83. The Balaban J connectivity index is 2.39. The van der Waals surface area contributed by atoms with Crippen LogP contribution in [0, 0.1) is 0 Å². The third-order valence-electron chi connectivity index (χ3n) is 2.43. The lowest BCUT2D eigenvalue weighted by atomic mass is 10.2. The van der Waals surface area contributed by atoms with E-state index in [1.807, 2.05) is 48.2 Å². The largest absolute Gasteiger partial charge is 0.351 e. The van der Waals surface area contributed by atoms with Gasteiger partial charge in [0.05, 0.1) is 0 Å². The van der Waals surface area contributed by atoms with Crippen LogP contribution in [0.1, 0.15) is 23.7 Å². The summed E-state index contributed by atoms with van der Waals surface area (Å²) in [5.74, 6) is 0.933. The smallest absolute Gasteiger partial charge is 0.251 e. The molecule has 92 valence electrons. The number of nitrogens with one attached hydrogen (secondary N) is 1. The topological polar surface area (TPSA) is 29.1 Å². The summed E-state index contributed by atoms with van der Waals surface area (Å²) in [6.45, 7) is 6.55. The summed E-state index contributed by atoms with van der Waals surface area (Å²) in [6.07, 6.45) is 2.94. The van der Waals surface area contributed by atoms with Crippen molar-refractivity contribution in [2.45, 2.75) is 18.6 Å². The fourth-order valence-electron chi connectivity index (χ4n) is 1.42. The lowest BCUT2D eigenvalue weighted by molar-refractivity contribution is 0.0953. The van der Waals surface area contributed by atoms with Crippen molar-refractivity contribution >= 4 is 17.7 Å². The number of carbonyl (C=O) groups is 1. The molecule has 1 aromatic carbocycles. The van der Waals surface area contributed by atoms with Crippen LogP contribution in [0.3, 0.4) is 0 Å². The summed E-state index contributed by atoms with van der Waals surface area (Å²) in [5.41, 5.74) is 0.719. The predicted molar refractivity (Wildman–Crippen MR) is 75.5 cm³/mol. The lowest BCUT2D eigenvalue weighted by Crippen LogP contribution is -2.30. The molecule has 0 saturated heterocycles. The molecule has 0 spiro atoms. The van der Waals surface area contributed by atoms with Crippen LogP contribution in [0.15, 0.2) is 43.0 Å². The van der Waals surface area contributed by atoms with Crippen molar-refractivity contribution < 1.29 is 4.79 Å². The molecular formula is C14H19NOS. The highest BCUT2D eigenvalue weighted by Crippen LogP contribution is 2.13. The van der Waals surface area contributed by atoms with Gasteiger partial charge in [-0.1, -0.05) is 31.2 Å². The third kappa shape index (κ3) is 5.09. The molecule has 0 saturated carbocycles. The Bertz CT molecular complexity index is 350. The minimum Gasteiger partial charge on any atom is -0.351 e. The molecule has 17 heavy (non-hydrogen) atoms. The molecule has 1 amide bonds. The number of benzene rings is 1. The molecule has 0 fully saturated rings. The van der Waals surface area contributed by atoms with Crippen LogP contribution in [0.4, 0.5) is 0 Å². The van der Waals surface area contributed by atoms with E-state index in [0.29, 0.717) is 11.8 Å². The molecule has 1 aromatic rings. The van der Waals surface area contributed by atoms with Gasteiger partial charge in [-0.2, -0.15) is 11.8 Å². The van der Waals surface area contributed by atoms with Crippen molar-refractivity contribution in [1.29, 1.82) is 0 Å². The first-order valence-corrected chi connectivity index (χ1v) is 6.88. The van der Waals surface area contributed by atoms with Gasteiger partial charge < -0.3 is 5.32 Å². The second-order valence-corrected chi connectivity index (χ2v) is 5.06. The molecule has 1 rings (SSSR count). The van der Waals surface area contributed by atoms with Crippen LogP contribution in [0.2, 0.25) is 0 Å². The van der Waals surface area contributed by atoms with Gasteiger partial charge in [-0.25, -0.2) is 0 Å². The Morgan fingerprint density at radius 2 is 2.18 bits per heavy atom. The zero-order valence-electron chi connectivity index (χ0n) is 10.2. The minimum absolute atomic E-state index is 0.00301. The van der Waals surface area contributed by atoms with Crippen molar-refractivity contribution in [2.75, 3.05) is 12.3 Å². The van der Waals surface area contributed by atoms with Crippen LogP contribution in [-0.4, -0.2) is 23.5 Å². The summed E-state index contributed by atoms with van der Waals surface area (Å²) < 4.78 is 0. The zero-order chi connectivity index (χ0) is 12.5. The maximum atomic E-state index is 11.8. The number of amides is 1. The lowest BCUT2D eigenvalue weighted by Gasteiger charge is -2.14. The Kier molecular flexibility index (Phi) is 6.48. The standard InChI is InChI=1S/C14H19NOS/c1-3-10-17-13(4-2)11-15-14(16)12-8-6-5-7-9-12/h3,5-9,13H,1,4,10-11H2,2H3,(H,15,16). The van der Waals surface area contributed by atoms with E-state index in [0.717, 1.165) is 17.7 Å². The maximum Gasteiger partial charge on any atom is 0.251 e. The van der Waals surface area contributed by atoms with Gasteiger partial charge in [0.1, 0.15) is 0 Å². The summed E-state index contributed by atoms with van der Waals surface area (Å²) in [5, 5.41) is 3.42. The molecule has 1 atom stereocenters. The average Bonchev–Trinajstić information content (AvgIpc) is 2.39. The second-order valence-electron chi connectivity index (χ2n) is 3.73. The minimum atomic E-state index is 0.00301. The monoisotopic (exact) mass is 249 g/mol. The van der Waals surface area contributed by atoms with Crippen molar-refractivity contribution in [1.82, 2.24) is 5.32 Å². The van der Waals surface area contributed by atoms with E-state index < -0.39 is 0 Å².